The van der Waals surface area contributed by atoms with Crippen LogP contribution in [0.5, 0.6) is 5.75 Å². The van der Waals surface area contributed by atoms with Gasteiger partial charge in [0, 0.05) is 19.5 Å². The number of rotatable bonds is 8. The van der Waals surface area contributed by atoms with E-state index in [4.69, 9.17) is 4.74 Å². The average Bonchev–Trinajstić information content (AvgIpc) is 3.26. The number of hydrogen-bond acceptors (Lipinski definition) is 5. The molecule has 2 atom stereocenters. The summed E-state index contributed by atoms with van der Waals surface area (Å²) in [5.41, 5.74) is 1.82. The van der Waals surface area contributed by atoms with Crippen LogP contribution in [0.3, 0.4) is 0 Å². The number of amides is 2. The van der Waals surface area contributed by atoms with Gasteiger partial charge in [-0.1, -0.05) is 19.9 Å². The number of carbonyl (C=O) groups excluding carboxylic acids is 1. The quantitative estimate of drug-likeness (QED) is 0.640. The predicted octanol–water partition coefficient (Wildman–Crippen LogP) is 2.72. The van der Waals surface area contributed by atoms with E-state index in [0.29, 0.717) is 26.0 Å². The second-order valence-electron chi connectivity index (χ2n) is 8.11. The molecule has 0 aliphatic carbocycles. The summed E-state index contributed by atoms with van der Waals surface area (Å²) >= 11 is 0. The summed E-state index contributed by atoms with van der Waals surface area (Å²) in [7, 11) is 0. The molecule has 0 unspecified atom stereocenters. The van der Waals surface area contributed by atoms with Crippen LogP contribution in [-0.4, -0.2) is 76.7 Å². The second kappa shape index (κ2) is 10.5. The van der Waals surface area contributed by atoms with E-state index in [2.05, 4.69) is 24.8 Å². The number of hydrogen-bond donors (Lipinski definition) is 1. The minimum Gasteiger partial charge on any atom is -0.494 e. The summed E-state index contributed by atoms with van der Waals surface area (Å²) in [5.74, 6) is 0.450. The summed E-state index contributed by atoms with van der Waals surface area (Å²) in [6.45, 7) is 8.56. The first-order chi connectivity index (χ1) is 15.0. The molecule has 2 aliphatic heterocycles. The van der Waals surface area contributed by atoms with Crippen molar-refractivity contribution in [2.24, 2.45) is 0 Å². The van der Waals surface area contributed by atoms with E-state index in [1.165, 1.54) is 4.90 Å². The van der Waals surface area contributed by atoms with Crippen LogP contribution in [0.4, 0.5) is 4.79 Å². The van der Waals surface area contributed by atoms with Gasteiger partial charge in [-0.15, -0.1) is 0 Å². The number of nitriles is 1. The SMILES string of the molecule is CCN(CC)CCCOc1ccc2c(c1)CN(C(=O)O)[C@@H](C(=O)N1CCC[C@H]1C#N)C2. The van der Waals surface area contributed by atoms with Gasteiger partial charge >= 0.3 is 6.09 Å². The summed E-state index contributed by atoms with van der Waals surface area (Å²) in [5, 5.41) is 19.0. The fourth-order valence-corrected chi connectivity index (χ4v) is 4.45. The summed E-state index contributed by atoms with van der Waals surface area (Å²) in [4.78, 5) is 30.1. The molecule has 2 heterocycles. The zero-order chi connectivity index (χ0) is 22.4. The molecule has 1 fully saturated rings. The first kappa shape index (κ1) is 22.9. The molecule has 0 bridgehead atoms. The van der Waals surface area contributed by atoms with E-state index in [-0.39, 0.29) is 12.5 Å². The molecule has 0 radical (unpaired) electrons. The van der Waals surface area contributed by atoms with E-state index >= 15 is 0 Å². The van der Waals surface area contributed by atoms with Crippen molar-refractivity contribution in [3.8, 4) is 11.8 Å². The first-order valence-corrected chi connectivity index (χ1v) is 11.1. The van der Waals surface area contributed by atoms with Crippen molar-refractivity contribution in [3.05, 3.63) is 29.3 Å². The molecule has 168 valence electrons. The molecule has 3 rings (SSSR count). The lowest BCUT2D eigenvalue weighted by atomic mass is 9.93. The highest BCUT2D eigenvalue weighted by atomic mass is 16.5. The molecule has 0 aromatic heterocycles. The van der Waals surface area contributed by atoms with Gasteiger partial charge in [0.15, 0.2) is 0 Å². The molecule has 1 aromatic rings. The molecule has 1 N–H and O–H groups in total. The number of carbonyl (C=O) groups is 2. The molecule has 0 saturated carbocycles. The van der Waals surface area contributed by atoms with Gasteiger partial charge in [0.05, 0.1) is 19.2 Å². The predicted molar refractivity (Wildman–Crippen MR) is 116 cm³/mol. The summed E-state index contributed by atoms with van der Waals surface area (Å²) < 4.78 is 5.89. The Kier molecular flexibility index (Phi) is 7.75. The van der Waals surface area contributed by atoms with Crippen LogP contribution in [0, 0.1) is 11.3 Å². The Bertz CT molecular complexity index is 833. The molecule has 8 nitrogen and oxygen atoms in total. The molecule has 31 heavy (non-hydrogen) atoms. The van der Waals surface area contributed by atoms with Crippen molar-refractivity contribution in [2.75, 3.05) is 32.8 Å². The van der Waals surface area contributed by atoms with Crippen molar-refractivity contribution in [1.29, 1.82) is 5.26 Å². The summed E-state index contributed by atoms with van der Waals surface area (Å²) in [6, 6.07) is 6.62. The molecule has 1 saturated heterocycles. The van der Waals surface area contributed by atoms with Gasteiger partial charge in [-0.05, 0) is 55.6 Å². The van der Waals surface area contributed by atoms with Gasteiger partial charge in [-0.2, -0.15) is 5.26 Å². The maximum absolute atomic E-state index is 13.1. The third-order valence-electron chi connectivity index (χ3n) is 6.31. The van der Waals surface area contributed by atoms with E-state index < -0.39 is 18.2 Å². The van der Waals surface area contributed by atoms with Gasteiger partial charge in [0.1, 0.15) is 17.8 Å². The fraction of sp³-hybridized carbons (Fsp3) is 0.609. The lowest BCUT2D eigenvalue weighted by Crippen LogP contribution is -2.54. The van der Waals surface area contributed by atoms with Crippen LogP contribution in [0.25, 0.3) is 0 Å². The highest BCUT2D eigenvalue weighted by Gasteiger charge is 2.40. The fourth-order valence-electron chi connectivity index (χ4n) is 4.45. The number of fused-ring (bicyclic) bond motifs is 1. The maximum Gasteiger partial charge on any atom is 0.408 e. The molecule has 2 aliphatic rings. The van der Waals surface area contributed by atoms with Gasteiger partial charge < -0.3 is 19.6 Å². The third kappa shape index (κ3) is 5.28. The summed E-state index contributed by atoms with van der Waals surface area (Å²) in [6.07, 6.45) is 1.54. The average molecular weight is 429 g/mol. The maximum atomic E-state index is 13.1. The van der Waals surface area contributed by atoms with Crippen LogP contribution in [0.1, 0.15) is 44.2 Å². The normalized spacial score (nSPS) is 20.5. The van der Waals surface area contributed by atoms with Crippen molar-refractivity contribution in [2.45, 2.75) is 58.2 Å². The van der Waals surface area contributed by atoms with Crippen molar-refractivity contribution in [1.82, 2.24) is 14.7 Å². The van der Waals surface area contributed by atoms with E-state index in [1.54, 1.807) is 4.90 Å². The molecule has 1 aromatic carbocycles. The lowest BCUT2D eigenvalue weighted by molar-refractivity contribution is -0.136. The highest BCUT2D eigenvalue weighted by Crippen LogP contribution is 2.29. The van der Waals surface area contributed by atoms with Crippen molar-refractivity contribution >= 4 is 12.0 Å². The Balaban J connectivity index is 1.67. The van der Waals surface area contributed by atoms with Gasteiger partial charge in [0.2, 0.25) is 5.91 Å². The molecule has 0 spiro atoms. The van der Waals surface area contributed by atoms with E-state index in [9.17, 15) is 20.0 Å². The van der Waals surface area contributed by atoms with Gasteiger partial charge in [0.25, 0.3) is 0 Å². The number of benzene rings is 1. The van der Waals surface area contributed by atoms with Gasteiger partial charge in [-0.25, -0.2) is 4.79 Å². The standard InChI is InChI=1S/C23H32N4O4/c1-3-25(4-2)10-6-12-31-20-9-8-17-14-21(27(23(29)30)16-18(17)13-20)22(28)26-11-5-7-19(26)15-24/h8-9,13,19,21H,3-7,10-12,14,16H2,1-2H3,(H,29,30)/t19-,21+/m0/s1. The second-order valence-corrected chi connectivity index (χ2v) is 8.11. The van der Waals surface area contributed by atoms with Crippen molar-refractivity contribution in [3.63, 3.8) is 0 Å². The zero-order valence-electron chi connectivity index (χ0n) is 18.4. The minimum absolute atomic E-state index is 0.142. The van der Waals surface area contributed by atoms with Crippen LogP contribution in [0.2, 0.25) is 0 Å². The van der Waals surface area contributed by atoms with Gasteiger partial charge in [-0.3, -0.25) is 9.69 Å². The largest absolute Gasteiger partial charge is 0.494 e. The number of likely N-dealkylation sites (tertiary alicyclic amines) is 1. The van der Waals surface area contributed by atoms with Crippen LogP contribution < -0.4 is 4.74 Å². The minimum atomic E-state index is -1.12. The first-order valence-electron chi connectivity index (χ1n) is 11.1. The Morgan fingerprint density at radius 3 is 2.71 bits per heavy atom. The zero-order valence-corrected chi connectivity index (χ0v) is 18.4. The molecule has 2 amide bonds. The topological polar surface area (TPSA) is 97.1 Å². The Labute approximate surface area is 184 Å². The number of nitrogens with zero attached hydrogens (tertiary/aromatic N) is 4. The third-order valence-corrected chi connectivity index (χ3v) is 6.31. The highest BCUT2D eigenvalue weighted by molar-refractivity contribution is 5.87. The number of carboxylic acid groups (broad SMARTS) is 1. The Morgan fingerprint density at radius 2 is 2.03 bits per heavy atom. The number of ether oxygens (including phenoxy) is 1. The Morgan fingerprint density at radius 1 is 1.26 bits per heavy atom. The van der Waals surface area contributed by atoms with E-state index in [0.717, 1.165) is 49.4 Å². The van der Waals surface area contributed by atoms with Crippen LogP contribution in [-0.2, 0) is 17.8 Å². The molecular weight excluding hydrogens is 396 g/mol. The smallest absolute Gasteiger partial charge is 0.408 e. The monoisotopic (exact) mass is 428 g/mol. The molecule has 8 heteroatoms. The molecular formula is C23H32N4O4. The lowest BCUT2D eigenvalue weighted by Gasteiger charge is -2.36. The van der Waals surface area contributed by atoms with Crippen LogP contribution >= 0.6 is 0 Å². The van der Waals surface area contributed by atoms with Crippen LogP contribution in [0.15, 0.2) is 18.2 Å². The Hall–Kier alpha value is -2.79. The van der Waals surface area contributed by atoms with E-state index in [1.807, 2.05) is 18.2 Å². The van der Waals surface area contributed by atoms with Crippen molar-refractivity contribution < 1.29 is 19.4 Å².